The fourth-order valence-electron chi connectivity index (χ4n) is 1.12. The zero-order valence-corrected chi connectivity index (χ0v) is 8.36. The number of hydrogen-bond acceptors (Lipinski definition) is 1. The maximum Gasteiger partial charge on any atom is 0.217 e. The Kier molecular flexibility index (Phi) is 4.48. The van der Waals surface area contributed by atoms with Crippen molar-refractivity contribution in [2.75, 3.05) is 6.54 Å². The van der Waals surface area contributed by atoms with E-state index in [1.165, 1.54) is 12.5 Å². The van der Waals surface area contributed by atoms with Crippen molar-refractivity contribution < 1.29 is 4.79 Å². The molecule has 0 fully saturated rings. The second-order valence-corrected chi connectivity index (χ2v) is 3.10. The second-order valence-electron chi connectivity index (χ2n) is 3.10. The van der Waals surface area contributed by atoms with Gasteiger partial charge in [0.25, 0.3) is 0 Å². The van der Waals surface area contributed by atoms with Crippen molar-refractivity contribution in [3.8, 4) is 0 Å². The van der Waals surface area contributed by atoms with Crippen molar-refractivity contribution in [3.63, 3.8) is 0 Å². The number of rotatable bonds is 4. The molecule has 0 unspecified atom stereocenters. The van der Waals surface area contributed by atoms with Crippen molar-refractivity contribution in [2.45, 2.75) is 13.3 Å². The summed E-state index contributed by atoms with van der Waals surface area (Å²) in [5, 5.41) is 2.71. The molecule has 1 aromatic rings. The van der Waals surface area contributed by atoms with Crippen LogP contribution in [0.1, 0.15) is 12.5 Å². The fraction of sp³-hybridized carbons (Fsp3) is 0.250. The van der Waals surface area contributed by atoms with E-state index in [9.17, 15) is 4.79 Å². The van der Waals surface area contributed by atoms with E-state index >= 15 is 0 Å². The first-order valence-corrected chi connectivity index (χ1v) is 4.72. The van der Waals surface area contributed by atoms with E-state index in [1.54, 1.807) is 0 Å². The van der Waals surface area contributed by atoms with E-state index in [-0.39, 0.29) is 5.91 Å². The van der Waals surface area contributed by atoms with Crippen LogP contribution in [0.15, 0.2) is 42.5 Å². The highest BCUT2D eigenvalue weighted by molar-refractivity contribution is 5.72. The maximum atomic E-state index is 10.5. The summed E-state index contributed by atoms with van der Waals surface area (Å²) in [5.41, 5.74) is 1.28. The molecule has 2 heteroatoms. The van der Waals surface area contributed by atoms with Gasteiger partial charge in [0, 0.05) is 13.5 Å². The molecular weight excluding hydrogens is 174 g/mol. The molecule has 0 saturated carbocycles. The van der Waals surface area contributed by atoms with Crippen LogP contribution >= 0.6 is 0 Å². The average Bonchev–Trinajstić information content (AvgIpc) is 2.18. The number of allylic oxidation sites excluding steroid dienone is 1. The average molecular weight is 189 g/mol. The molecule has 0 aliphatic rings. The largest absolute Gasteiger partial charge is 0.353 e. The summed E-state index contributed by atoms with van der Waals surface area (Å²) in [5.74, 6) is 0.00867. The molecule has 1 rings (SSSR count). The Morgan fingerprint density at radius 1 is 1.29 bits per heavy atom. The van der Waals surface area contributed by atoms with Gasteiger partial charge in [0.15, 0.2) is 0 Å². The highest BCUT2D eigenvalue weighted by Crippen LogP contribution is 1.99. The van der Waals surface area contributed by atoms with Gasteiger partial charge in [-0.05, 0) is 12.0 Å². The maximum absolute atomic E-state index is 10.5. The number of benzene rings is 1. The van der Waals surface area contributed by atoms with Crippen LogP contribution in [0.3, 0.4) is 0 Å². The monoisotopic (exact) mass is 189 g/mol. The third-order valence-corrected chi connectivity index (χ3v) is 1.83. The number of nitrogens with one attached hydrogen (secondary N) is 1. The molecule has 0 bridgehead atoms. The van der Waals surface area contributed by atoms with Crippen LogP contribution in [0.4, 0.5) is 0 Å². The second kappa shape index (κ2) is 5.97. The van der Waals surface area contributed by atoms with Crippen molar-refractivity contribution >= 4 is 5.91 Å². The summed E-state index contributed by atoms with van der Waals surface area (Å²) in [7, 11) is 0. The third kappa shape index (κ3) is 4.45. The lowest BCUT2D eigenvalue weighted by molar-refractivity contribution is -0.118. The highest BCUT2D eigenvalue weighted by Gasteiger charge is 1.86. The van der Waals surface area contributed by atoms with Gasteiger partial charge < -0.3 is 5.32 Å². The summed E-state index contributed by atoms with van der Waals surface area (Å²) in [6.45, 7) is 2.13. The third-order valence-electron chi connectivity index (χ3n) is 1.83. The molecule has 2 nitrogen and oxygen atoms in total. The molecule has 0 heterocycles. The van der Waals surface area contributed by atoms with Crippen molar-refractivity contribution in [1.82, 2.24) is 5.32 Å². The van der Waals surface area contributed by atoms with Crippen LogP contribution in [0.2, 0.25) is 0 Å². The summed E-state index contributed by atoms with van der Waals surface area (Å²) in [6, 6.07) is 10.2. The number of carbonyl (C=O) groups is 1. The van der Waals surface area contributed by atoms with Crippen LogP contribution < -0.4 is 5.32 Å². The SMILES string of the molecule is CC(=O)NC/C=C\Cc1ccccc1. The number of hydrogen-bond donors (Lipinski definition) is 1. The normalized spacial score (nSPS) is 10.4. The predicted molar refractivity (Wildman–Crippen MR) is 58.0 cm³/mol. The van der Waals surface area contributed by atoms with E-state index in [0.717, 1.165) is 6.42 Å². The quantitative estimate of drug-likeness (QED) is 0.720. The molecule has 0 atom stereocenters. The Hall–Kier alpha value is -1.57. The van der Waals surface area contributed by atoms with E-state index in [1.807, 2.05) is 24.3 Å². The minimum absolute atomic E-state index is 0.00867. The van der Waals surface area contributed by atoms with Crippen molar-refractivity contribution in [2.24, 2.45) is 0 Å². The molecule has 0 saturated heterocycles. The van der Waals surface area contributed by atoms with Crippen LogP contribution in [0, 0.1) is 0 Å². The van der Waals surface area contributed by atoms with Gasteiger partial charge in [0.1, 0.15) is 0 Å². The topological polar surface area (TPSA) is 29.1 Å². The molecule has 1 N–H and O–H groups in total. The first-order valence-electron chi connectivity index (χ1n) is 4.72. The summed E-state index contributed by atoms with van der Waals surface area (Å²) < 4.78 is 0. The Balaban J connectivity index is 2.24. The number of amides is 1. The lowest BCUT2D eigenvalue weighted by atomic mass is 10.1. The minimum Gasteiger partial charge on any atom is -0.353 e. The molecule has 0 aliphatic heterocycles. The molecule has 1 amide bonds. The van der Waals surface area contributed by atoms with Gasteiger partial charge in [-0.25, -0.2) is 0 Å². The van der Waals surface area contributed by atoms with E-state index in [0.29, 0.717) is 6.54 Å². The molecule has 1 aromatic carbocycles. The van der Waals surface area contributed by atoms with Crippen LogP contribution in [0.5, 0.6) is 0 Å². The van der Waals surface area contributed by atoms with Gasteiger partial charge in [-0.2, -0.15) is 0 Å². The first kappa shape index (κ1) is 10.5. The van der Waals surface area contributed by atoms with Crippen molar-refractivity contribution in [1.29, 1.82) is 0 Å². The standard InChI is InChI=1S/C12H15NO/c1-11(14)13-10-6-5-9-12-7-3-2-4-8-12/h2-8H,9-10H2,1H3,(H,13,14)/b6-5-. The molecule has 74 valence electrons. The summed E-state index contributed by atoms with van der Waals surface area (Å²) in [6.07, 6.45) is 4.94. The molecule has 0 spiro atoms. The molecule has 14 heavy (non-hydrogen) atoms. The number of carbonyl (C=O) groups excluding carboxylic acids is 1. The Morgan fingerprint density at radius 3 is 2.64 bits per heavy atom. The Bertz CT molecular complexity index is 303. The fourth-order valence-corrected chi connectivity index (χ4v) is 1.12. The summed E-state index contributed by atoms with van der Waals surface area (Å²) in [4.78, 5) is 10.5. The van der Waals surface area contributed by atoms with E-state index in [4.69, 9.17) is 0 Å². The smallest absolute Gasteiger partial charge is 0.217 e. The zero-order valence-electron chi connectivity index (χ0n) is 8.36. The highest BCUT2D eigenvalue weighted by atomic mass is 16.1. The first-order chi connectivity index (χ1) is 6.79. The van der Waals surface area contributed by atoms with Gasteiger partial charge in [0.05, 0.1) is 0 Å². The van der Waals surface area contributed by atoms with E-state index < -0.39 is 0 Å². The zero-order chi connectivity index (χ0) is 10.2. The predicted octanol–water partition coefficient (Wildman–Crippen LogP) is 1.92. The van der Waals surface area contributed by atoms with Crippen molar-refractivity contribution in [3.05, 3.63) is 48.0 Å². The molecule has 0 aromatic heterocycles. The van der Waals surface area contributed by atoms with Gasteiger partial charge >= 0.3 is 0 Å². The van der Waals surface area contributed by atoms with Crippen LogP contribution in [-0.2, 0) is 11.2 Å². The Labute approximate surface area is 84.6 Å². The molecule has 0 radical (unpaired) electrons. The lowest BCUT2D eigenvalue weighted by Crippen LogP contribution is -2.19. The van der Waals surface area contributed by atoms with E-state index in [2.05, 4.69) is 23.5 Å². The van der Waals surface area contributed by atoms with Gasteiger partial charge in [-0.3, -0.25) is 4.79 Å². The van der Waals surface area contributed by atoms with Gasteiger partial charge in [-0.1, -0.05) is 42.5 Å². The van der Waals surface area contributed by atoms with Gasteiger partial charge in [-0.15, -0.1) is 0 Å². The minimum atomic E-state index is 0.00867. The lowest BCUT2D eigenvalue weighted by Gasteiger charge is -1.96. The molecular formula is C12H15NO. The van der Waals surface area contributed by atoms with Crippen LogP contribution in [-0.4, -0.2) is 12.5 Å². The Morgan fingerprint density at radius 2 is 2.00 bits per heavy atom. The summed E-state index contributed by atoms with van der Waals surface area (Å²) >= 11 is 0. The molecule has 0 aliphatic carbocycles. The van der Waals surface area contributed by atoms with Gasteiger partial charge in [0.2, 0.25) is 5.91 Å². The van der Waals surface area contributed by atoms with Crippen LogP contribution in [0.25, 0.3) is 0 Å².